The fourth-order valence-corrected chi connectivity index (χ4v) is 2.39. The number of likely N-dealkylation sites (N-methyl/N-ethyl adjacent to an activating group) is 1. The molecule has 1 amide bonds. The quantitative estimate of drug-likeness (QED) is 0.221. The number of carbonyl (C=O) groups excluding carboxylic acids is 1. The fraction of sp³-hybridized carbons (Fsp3) is 0.238. The molecule has 2 heterocycles. The molecule has 0 aliphatic rings. The van der Waals surface area contributed by atoms with E-state index >= 15 is 0 Å². The van der Waals surface area contributed by atoms with Gasteiger partial charge in [-0.25, -0.2) is 9.97 Å². The highest BCUT2D eigenvalue weighted by atomic mass is 35.5. The van der Waals surface area contributed by atoms with Crippen LogP contribution in [0, 0.1) is 11.8 Å². The number of ether oxygens (including phenoxy) is 1. The molecule has 0 unspecified atom stereocenters. The summed E-state index contributed by atoms with van der Waals surface area (Å²) in [4.78, 5) is 20.5. The minimum atomic E-state index is -0.303. The van der Waals surface area contributed by atoms with Gasteiger partial charge in [-0.05, 0) is 19.1 Å². The summed E-state index contributed by atoms with van der Waals surface area (Å²) in [6.45, 7) is 6.66. The van der Waals surface area contributed by atoms with Crippen molar-refractivity contribution in [3.8, 4) is 11.8 Å². The first kappa shape index (κ1) is 22.7. The molecular weight excluding hydrogens is 404 g/mol. The number of carbonyl (C=O) groups is 1. The minimum absolute atomic E-state index is 0.139. The average molecular weight is 427 g/mol. The van der Waals surface area contributed by atoms with Gasteiger partial charge < -0.3 is 15.4 Å². The van der Waals surface area contributed by atoms with Crippen molar-refractivity contribution >= 4 is 29.1 Å². The number of aromatic nitrogens is 4. The summed E-state index contributed by atoms with van der Waals surface area (Å²) in [5, 5.41) is 9.81. The lowest BCUT2D eigenvalue weighted by Crippen LogP contribution is -2.19. The molecule has 0 bridgehead atoms. The number of halogens is 1. The second kappa shape index (κ2) is 11.4. The maximum absolute atomic E-state index is 12.1. The third-order valence-electron chi connectivity index (χ3n) is 3.76. The predicted octanol–water partition coefficient (Wildman–Crippen LogP) is 2.79. The SMILES string of the molecule is C=C(C#Cc1cnc(Nc2cnn(CC)c2)nc1)/C=C(\C=C(/CCl)OC)C(=O)NC. The van der Waals surface area contributed by atoms with E-state index < -0.39 is 0 Å². The van der Waals surface area contributed by atoms with Crippen molar-refractivity contribution in [3.05, 3.63) is 66.0 Å². The van der Waals surface area contributed by atoms with Crippen LogP contribution in [0.15, 0.2) is 60.4 Å². The van der Waals surface area contributed by atoms with E-state index in [-0.39, 0.29) is 11.8 Å². The van der Waals surface area contributed by atoms with Crippen LogP contribution in [0.4, 0.5) is 11.6 Å². The molecule has 0 saturated heterocycles. The second-order valence-electron chi connectivity index (χ2n) is 5.91. The third-order valence-corrected chi connectivity index (χ3v) is 4.03. The van der Waals surface area contributed by atoms with Crippen molar-refractivity contribution in [2.24, 2.45) is 0 Å². The van der Waals surface area contributed by atoms with Crippen molar-refractivity contribution in [2.75, 3.05) is 25.4 Å². The number of alkyl halides is 1. The number of rotatable bonds is 8. The van der Waals surface area contributed by atoms with Crippen LogP contribution in [0.3, 0.4) is 0 Å². The largest absolute Gasteiger partial charge is 0.500 e. The second-order valence-corrected chi connectivity index (χ2v) is 6.17. The van der Waals surface area contributed by atoms with Gasteiger partial charge in [-0.2, -0.15) is 5.10 Å². The third kappa shape index (κ3) is 6.79. The van der Waals surface area contributed by atoms with Crippen LogP contribution < -0.4 is 10.6 Å². The summed E-state index contributed by atoms with van der Waals surface area (Å²) in [6.07, 6.45) is 9.86. The minimum Gasteiger partial charge on any atom is -0.500 e. The number of hydrogen-bond donors (Lipinski definition) is 2. The van der Waals surface area contributed by atoms with Crippen LogP contribution in [-0.2, 0) is 16.1 Å². The molecule has 9 heteroatoms. The van der Waals surface area contributed by atoms with Crippen LogP contribution in [0.5, 0.6) is 0 Å². The van der Waals surface area contributed by atoms with Gasteiger partial charge in [0.1, 0.15) is 5.76 Å². The maximum atomic E-state index is 12.1. The summed E-state index contributed by atoms with van der Waals surface area (Å²) < 4.78 is 6.91. The molecule has 0 spiro atoms. The summed E-state index contributed by atoms with van der Waals surface area (Å²) >= 11 is 5.78. The van der Waals surface area contributed by atoms with E-state index in [1.807, 2.05) is 13.1 Å². The number of amides is 1. The molecule has 2 aromatic rings. The van der Waals surface area contributed by atoms with Gasteiger partial charge in [0.25, 0.3) is 5.91 Å². The maximum Gasteiger partial charge on any atom is 0.251 e. The molecule has 2 aromatic heterocycles. The first-order valence-corrected chi connectivity index (χ1v) is 9.59. The van der Waals surface area contributed by atoms with Crippen molar-refractivity contribution in [1.29, 1.82) is 0 Å². The zero-order valence-electron chi connectivity index (χ0n) is 17.1. The molecule has 156 valence electrons. The van der Waals surface area contributed by atoms with Gasteiger partial charge in [0.05, 0.1) is 30.4 Å². The van der Waals surface area contributed by atoms with E-state index in [1.54, 1.807) is 35.4 Å². The lowest BCUT2D eigenvalue weighted by atomic mass is 10.1. The Morgan fingerprint density at radius 2 is 2.07 bits per heavy atom. The van der Waals surface area contributed by atoms with Crippen LogP contribution in [0.1, 0.15) is 12.5 Å². The molecule has 2 rings (SSSR count). The van der Waals surface area contributed by atoms with E-state index in [0.717, 1.165) is 12.2 Å². The molecule has 0 saturated carbocycles. The predicted molar refractivity (Wildman–Crippen MR) is 117 cm³/mol. The van der Waals surface area contributed by atoms with Crippen molar-refractivity contribution in [3.63, 3.8) is 0 Å². The number of nitrogens with zero attached hydrogens (tertiary/aromatic N) is 4. The van der Waals surface area contributed by atoms with Gasteiger partial charge in [-0.1, -0.05) is 18.4 Å². The van der Waals surface area contributed by atoms with E-state index in [4.69, 9.17) is 16.3 Å². The summed E-state index contributed by atoms with van der Waals surface area (Å²) in [5.41, 5.74) is 2.17. The van der Waals surface area contributed by atoms with E-state index in [2.05, 4.69) is 44.1 Å². The lowest BCUT2D eigenvalue weighted by Gasteiger charge is -2.05. The highest BCUT2D eigenvalue weighted by Gasteiger charge is 2.07. The molecule has 0 aromatic carbocycles. The molecule has 0 atom stereocenters. The Bertz CT molecular complexity index is 1010. The number of anilines is 2. The Labute approximate surface area is 180 Å². The normalized spacial score (nSPS) is 11.3. The summed E-state index contributed by atoms with van der Waals surface area (Å²) in [7, 11) is 3.02. The number of nitrogens with one attached hydrogen (secondary N) is 2. The van der Waals surface area contributed by atoms with E-state index in [0.29, 0.717) is 28.4 Å². The average Bonchev–Trinajstić information content (AvgIpc) is 3.23. The monoisotopic (exact) mass is 426 g/mol. The van der Waals surface area contributed by atoms with Gasteiger partial charge in [0.2, 0.25) is 5.95 Å². The molecule has 0 aliphatic heterocycles. The Hall–Kier alpha value is -3.57. The van der Waals surface area contributed by atoms with Gasteiger partial charge in [-0.3, -0.25) is 9.48 Å². The standard InChI is InChI=1S/C21H23ClN6O2/c1-5-28-14-18(13-26-28)27-21-24-11-16(12-25-21)7-6-15(2)8-17(20(29)23-3)9-19(10-22)30-4/h8-9,11-14H,2,5,10H2,1,3-4H3,(H,23,29)(H,24,25,27)/b17-8+,19-9+. The lowest BCUT2D eigenvalue weighted by molar-refractivity contribution is -0.116. The van der Waals surface area contributed by atoms with Crippen LogP contribution in [-0.4, -0.2) is 45.7 Å². The van der Waals surface area contributed by atoms with E-state index in [1.165, 1.54) is 14.2 Å². The molecule has 0 radical (unpaired) electrons. The number of aryl methyl sites for hydroxylation is 1. The van der Waals surface area contributed by atoms with Gasteiger partial charge in [0, 0.05) is 43.3 Å². The molecule has 30 heavy (non-hydrogen) atoms. The molecule has 2 N–H and O–H groups in total. The van der Waals surface area contributed by atoms with Crippen LogP contribution in [0.2, 0.25) is 0 Å². The van der Waals surface area contributed by atoms with E-state index in [9.17, 15) is 4.79 Å². The molecule has 0 fully saturated rings. The van der Waals surface area contributed by atoms with Crippen molar-refractivity contribution in [1.82, 2.24) is 25.1 Å². The molecular formula is C21H23ClN6O2. The van der Waals surface area contributed by atoms with Gasteiger partial charge >= 0.3 is 0 Å². The van der Waals surface area contributed by atoms with Crippen LogP contribution in [0.25, 0.3) is 0 Å². The first-order chi connectivity index (χ1) is 14.5. The molecule has 8 nitrogen and oxygen atoms in total. The topological polar surface area (TPSA) is 94.0 Å². The Kier molecular flexibility index (Phi) is 8.66. The van der Waals surface area contributed by atoms with Crippen molar-refractivity contribution in [2.45, 2.75) is 13.5 Å². The zero-order chi connectivity index (χ0) is 21.9. The van der Waals surface area contributed by atoms with Gasteiger partial charge in [0.15, 0.2) is 0 Å². The highest BCUT2D eigenvalue weighted by Crippen LogP contribution is 2.11. The Morgan fingerprint density at radius 3 is 2.63 bits per heavy atom. The number of allylic oxidation sites excluding steroid dienone is 3. The van der Waals surface area contributed by atoms with Crippen LogP contribution >= 0.6 is 11.6 Å². The zero-order valence-corrected chi connectivity index (χ0v) is 17.8. The van der Waals surface area contributed by atoms with Gasteiger partial charge in [-0.15, -0.1) is 11.6 Å². The smallest absolute Gasteiger partial charge is 0.251 e. The highest BCUT2D eigenvalue weighted by molar-refractivity contribution is 6.19. The summed E-state index contributed by atoms with van der Waals surface area (Å²) in [5.74, 6) is 6.53. The van der Waals surface area contributed by atoms with Crippen molar-refractivity contribution < 1.29 is 9.53 Å². The number of hydrogen-bond acceptors (Lipinski definition) is 6. The summed E-state index contributed by atoms with van der Waals surface area (Å²) in [6, 6.07) is 0. The first-order valence-electron chi connectivity index (χ1n) is 9.05. The number of methoxy groups -OCH3 is 1. The fourth-order valence-electron chi connectivity index (χ4n) is 2.21. The Morgan fingerprint density at radius 1 is 1.33 bits per heavy atom. The Balaban J connectivity index is 2.11. The molecule has 0 aliphatic carbocycles.